The molecule has 0 aromatic rings. The summed E-state index contributed by atoms with van der Waals surface area (Å²) in [6.07, 6.45) is 13.3. The fourth-order valence-electron chi connectivity index (χ4n) is 1.58. The first-order chi connectivity index (χ1) is 7.33. The van der Waals surface area contributed by atoms with Gasteiger partial charge in [0.05, 0.1) is 0 Å². The van der Waals surface area contributed by atoms with Crippen LogP contribution in [0.2, 0.25) is 0 Å². The number of hydrogen-bond acceptors (Lipinski definition) is 1. The van der Waals surface area contributed by atoms with E-state index in [0.29, 0.717) is 0 Å². The summed E-state index contributed by atoms with van der Waals surface area (Å²) in [5.74, 6) is 0.991. The number of nitrogens with one attached hydrogen (secondary N) is 1. The third-order valence-corrected chi connectivity index (χ3v) is 2.76. The van der Waals surface area contributed by atoms with Crippen molar-refractivity contribution in [1.82, 2.24) is 5.32 Å². The average Bonchev–Trinajstić information content (AvgIpc) is 3.01. The molecule has 0 heterocycles. The van der Waals surface area contributed by atoms with Gasteiger partial charge >= 0.3 is 0 Å². The fraction of sp³-hybridized carbons (Fsp3) is 0.714. The van der Waals surface area contributed by atoms with Crippen LogP contribution >= 0.6 is 0 Å². The highest BCUT2D eigenvalue weighted by molar-refractivity contribution is 5.01. The van der Waals surface area contributed by atoms with Crippen LogP contribution in [-0.4, -0.2) is 13.1 Å². The van der Waals surface area contributed by atoms with Crippen LogP contribution in [-0.2, 0) is 0 Å². The highest BCUT2D eigenvalue weighted by Crippen LogP contribution is 2.27. The summed E-state index contributed by atoms with van der Waals surface area (Å²) in [6, 6.07) is 0. The number of hydrogen-bond donors (Lipinski definition) is 1. The zero-order valence-electron chi connectivity index (χ0n) is 10.3. The van der Waals surface area contributed by atoms with Gasteiger partial charge in [0, 0.05) is 6.54 Å². The highest BCUT2D eigenvalue weighted by Gasteiger charge is 2.19. The van der Waals surface area contributed by atoms with Crippen molar-refractivity contribution in [3.8, 4) is 0 Å². The Morgan fingerprint density at radius 2 is 2.07 bits per heavy atom. The Morgan fingerprint density at radius 1 is 1.27 bits per heavy atom. The lowest BCUT2D eigenvalue weighted by Gasteiger charge is -2.03. The van der Waals surface area contributed by atoms with Crippen LogP contribution in [0.15, 0.2) is 23.8 Å². The van der Waals surface area contributed by atoms with Gasteiger partial charge < -0.3 is 5.32 Å². The van der Waals surface area contributed by atoms with Crippen LogP contribution in [0.1, 0.15) is 46.0 Å². The summed E-state index contributed by atoms with van der Waals surface area (Å²) in [7, 11) is 0. The predicted molar refractivity (Wildman–Crippen MR) is 68.0 cm³/mol. The summed E-state index contributed by atoms with van der Waals surface area (Å²) in [6.45, 7) is 6.71. The lowest BCUT2D eigenvalue weighted by molar-refractivity contribution is 0.670. The van der Waals surface area contributed by atoms with E-state index >= 15 is 0 Å². The van der Waals surface area contributed by atoms with Crippen LogP contribution in [0.3, 0.4) is 0 Å². The maximum absolute atomic E-state index is 3.51. The molecule has 1 N–H and O–H groups in total. The van der Waals surface area contributed by atoms with Gasteiger partial charge in [0.1, 0.15) is 0 Å². The molecule has 1 saturated carbocycles. The normalized spacial score (nSPS) is 17.6. The van der Waals surface area contributed by atoms with Crippen LogP contribution in [0.5, 0.6) is 0 Å². The standard InChI is InChI=1S/C14H25N/c1-3-4-5-6-7-8-13(2)11-15-12-14-9-10-14/h4-5,8,14-15H,3,6-7,9-12H2,1-2H3/b5-4-,13-8+. The van der Waals surface area contributed by atoms with Crippen molar-refractivity contribution in [2.45, 2.75) is 46.0 Å². The predicted octanol–water partition coefficient (Wildman–Crippen LogP) is 3.68. The Labute approximate surface area is 94.6 Å². The molecule has 0 unspecified atom stereocenters. The molecule has 0 aliphatic heterocycles. The molecule has 1 heteroatoms. The fourth-order valence-corrected chi connectivity index (χ4v) is 1.58. The van der Waals surface area contributed by atoms with Gasteiger partial charge in [0.2, 0.25) is 0 Å². The number of allylic oxidation sites excluding steroid dienone is 3. The molecule has 0 spiro atoms. The van der Waals surface area contributed by atoms with Crippen LogP contribution in [0, 0.1) is 5.92 Å². The average molecular weight is 207 g/mol. The molecule has 0 aromatic heterocycles. The molecule has 1 fully saturated rings. The summed E-state index contributed by atoms with van der Waals surface area (Å²) in [5, 5.41) is 3.51. The third-order valence-electron chi connectivity index (χ3n) is 2.76. The maximum Gasteiger partial charge on any atom is 0.0161 e. The van der Waals surface area contributed by atoms with E-state index in [1.165, 1.54) is 37.8 Å². The molecule has 0 saturated heterocycles. The Hall–Kier alpha value is -0.560. The molecule has 1 nitrogen and oxygen atoms in total. The van der Waals surface area contributed by atoms with Gasteiger partial charge in [-0.3, -0.25) is 0 Å². The lowest BCUT2D eigenvalue weighted by atomic mass is 10.2. The van der Waals surface area contributed by atoms with E-state index in [-0.39, 0.29) is 0 Å². The smallest absolute Gasteiger partial charge is 0.0161 e. The minimum atomic E-state index is 0.991. The summed E-state index contributed by atoms with van der Waals surface area (Å²) in [5.41, 5.74) is 1.49. The minimum absolute atomic E-state index is 0.991. The monoisotopic (exact) mass is 207 g/mol. The molecule has 0 radical (unpaired) electrons. The topological polar surface area (TPSA) is 12.0 Å². The molecule has 0 atom stereocenters. The summed E-state index contributed by atoms with van der Waals surface area (Å²) < 4.78 is 0. The minimum Gasteiger partial charge on any atom is -0.313 e. The molecule has 0 bridgehead atoms. The van der Waals surface area contributed by atoms with Crippen molar-refractivity contribution in [1.29, 1.82) is 0 Å². The van der Waals surface area contributed by atoms with E-state index in [2.05, 4.69) is 37.4 Å². The Morgan fingerprint density at radius 3 is 2.73 bits per heavy atom. The van der Waals surface area contributed by atoms with E-state index in [9.17, 15) is 0 Å². The van der Waals surface area contributed by atoms with Crippen molar-refractivity contribution in [2.24, 2.45) is 5.92 Å². The second kappa shape index (κ2) is 7.70. The number of rotatable bonds is 8. The molecule has 0 aromatic carbocycles. The van der Waals surface area contributed by atoms with Crippen LogP contribution in [0.25, 0.3) is 0 Å². The van der Waals surface area contributed by atoms with E-state index < -0.39 is 0 Å². The first-order valence-electron chi connectivity index (χ1n) is 6.34. The van der Waals surface area contributed by atoms with Crippen molar-refractivity contribution in [3.63, 3.8) is 0 Å². The number of unbranched alkanes of at least 4 members (excludes halogenated alkanes) is 1. The van der Waals surface area contributed by atoms with Crippen molar-refractivity contribution in [3.05, 3.63) is 23.8 Å². The zero-order valence-corrected chi connectivity index (χ0v) is 10.3. The first kappa shape index (κ1) is 12.5. The lowest BCUT2D eigenvalue weighted by Crippen LogP contribution is -2.18. The summed E-state index contributed by atoms with van der Waals surface area (Å²) >= 11 is 0. The quantitative estimate of drug-likeness (QED) is 0.473. The van der Waals surface area contributed by atoms with Gasteiger partial charge in [-0.1, -0.05) is 30.7 Å². The Bertz CT molecular complexity index is 211. The highest BCUT2D eigenvalue weighted by atomic mass is 14.9. The van der Waals surface area contributed by atoms with Gasteiger partial charge in [-0.25, -0.2) is 0 Å². The van der Waals surface area contributed by atoms with E-state index in [0.717, 1.165) is 18.9 Å². The van der Waals surface area contributed by atoms with Gasteiger partial charge in [0.15, 0.2) is 0 Å². The third kappa shape index (κ3) is 7.38. The molecular formula is C14H25N. The molecular weight excluding hydrogens is 182 g/mol. The van der Waals surface area contributed by atoms with E-state index in [4.69, 9.17) is 0 Å². The van der Waals surface area contributed by atoms with Gasteiger partial charge in [-0.15, -0.1) is 0 Å². The van der Waals surface area contributed by atoms with Crippen molar-refractivity contribution < 1.29 is 0 Å². The SMILES string of the molecule is CC/C=C\CC/C=C(\C)CNCC1CC1. The molecule has 0 amide bonds. The van der Waals surface area contributed by atoms with Gasteiger partial charge in [-0.2, -0.15) is 0 Å². The van der Waals surface area contributed by atoms with Crippen LogP contribution < -0.4 is 5.32 Å². The Kier molecular flexibility index (Phi) is 6.42. The van der Waals surface area contributed by atoms with E-state index in [1.807, 2.05) is 0 Å². The van der Waals surface area contributed by atoms with Crippen LogP contribution in [0.4, 0.5) is 0 Å². The van der Waals surface area contributed by atoms with Gasteiger partial charge in [0.25, 0.3) is 0 Å². The largest absolute Gasteiger partial charge is 0.313 e. The van der Waals surface area contributed by atoms with E-state index in [1.54, 1.807) is 0 Å². The van der Waals surface area contributed by atoms with Gasteiger partial charge in [-0.05, 0) is 51.5 Å². The molecule has 86 valence electrons. The molecule has 1 rings (SSSR count). The zero-order chi connectivity index (χ0) is 10.9. The maximum atomic E-state index is 3.51. The Balaban J connectivity index is 1.96. The van der Waals surface area contributed by atoms with Crippen molar-refractivity contribution in [2.75, 3.05) is 13.1 Å². The molecule has 1 aliphatic rings. The second-order valence-corrected chi connectivity index (χ2v) is 4.58. The first-order valence-corrected chi connectivity index (χ1v) is 6.34. The van der Waals surface area contributed by atoms with Crippen molar-refractivity contribution >= 4 is 0 Å². The summed E-state index contributed by atoms with van der Waals surface area (Å²) in [4.78, 5) is 0. The molecule has 15 heavy (non-hydrogen) atoms. The molecule has 1 aliphatic carbocycles. The second-order valence-electron chi connectivity index (χ2n) is 4.58.